The molecule has 2 nitrogen and oxygen atoms in total. The summed E-state index contributed by atoms with van der Waals surface area (Å²) in [4.78, 5) is 0. The van der Waals surface area contributed by atoms with Gasteiger partial charge in [-0.1, -0.05) is 24.3 Å². The molecular formula is C18H20FNO. The smallest absolute Gasteiger partial charge is 0.131 e. The van der Waals surface area contributed by atoms with Crippen molar-refractivity contribution in [3.63, 3.8) is 0 Å². The minimum absolute atomic E-state index is 0.179. The average Bonchev–Trinajstić information content (AvgIpc) is 2.49. The Morgan fingerprint density at radius 1 is 1.05 bits per heavy atom. The van der Waals surface area contributed by atoms with Gasteiger partial charge in [-0.2, -0.15) is 0 Å². The summed E-state index contributed by atoms with van der Waals surface area (Å²) < 4.78 is 19.9. The lowest BCUT2D eigenvalue weighted by atomic mass is 10.0. The summed E-state index contributed by atoms with van der Waals surface area (Å²) >= 11 is 0. The second-order valence-electron chi connectivity index (χ2n) is 5.57. The Bertz CT molecular complexity index is 603. The molecule has 2 aromatic carbocycles. The van der Waals surface area contributed by atoms with Crippen LogP contribution in [0, 0.1) is 12.7 Å². The van der Waals surface area contributed by atoms with Gasteiger partial charge in [0.1, 0.15) is 17.7 Å². The molecule has 0 spiro atoms. The maximum Gasteiger partial charge on any atom is 0.131 e. The summed E-state index contributed by atoms with van der Waals surface area (Å²) in [6.45, 7) is 3.91. The molecule has 1 aliphatic heterocycles. The first-order valence-electron chi connectivity index (χ1n) is 7.46. The van der Waals surface area contributed by atoms with Gasteiger partial charge in [0.05, 0.1) is 0 Å². The molecule has 2 aromatic rings. The van der Waals surface area contributed by atoms with Gasteiger partial charge in [0.25, 0.3) is 0 Å². The molecule has 0 aliphatic carbocycles. The molecule has 0 atom stereocenters. The molecule has 0 bridgehead atoms. The molecule has 1 aliphatic rings. The molecule has 0 saturated carbocycles. The lowest BCUT2D eigenvalue weighted by Gasteiger charge is -2.23. The van der Waals surface area contributed by atoms with Crippen LogP contribution >= 0.6 is 0 Å². The fraction of sp³-hybridized carbons (Fsp3) is 0.333. The first-order valence-corrected chi connectivity index (χ1v) is 7.46. The lowest BCUT2D eigenvalue weighted by Crippen LogP contribution is -2.34. The molecule has 0 amide bonds. The van der Waals surface area contributed by atoms with Crippen LogP contribution in [0.3, 0.4) is 0 Å². The predicted octanol–water partition coefficient (Wildman–Crippen LogP) is 3.93. The summed E-state index contributed by atoms with van der Waals surface area (Å²) in [6, 6.07) is 13.0. The zero-order valence-electron chi connectivity index (χ0n) is 12.2. The summed E-state index contributed by atoms with van der Waals surface area (Å²) in [5.41, 5.74) is 2.45. The first kappa shape index (κ1) is 14.1. The Labute approximate surface area is 125 Å². The van der Waals surface area contributed by atoms with Crippen LogP contribution in [0.25, 0.3) is 11.1 Å². The van der Waals surface area contributed by atoms with Crippen molar-refractivity contribution in [1.29, 1.82) is 0 Å². The van der Waals surface area contributed by atoms with Crippen LogP contribution in [-0.4, -0.2) is 19.2 Å². The molecular weight excluding hydrogens is 265 g/mol. The fourth-order valence-corrected chi connectivity index (χ4v) is 2.67. The Morgan fingerprint density at radius 3 is 2.43 bits per heavy atom. The molecule has 1 fully saturated rings. The van der Waals surface area contributed by atoms with E-state index in [4.69, 9.17) is 4.74 Å². The third-order valence-corrected chi connectivity index (χ3v) is 3.88. The number of hydrogen-bond acceptors (Lipinski definition) is 2. The summed E-state index contributed by atoms with van der Waals surface area (Å²) in [6.07, 6.45) is 2.36. The number of nitrogens with one attached hydrogen (secondary N) is 1. The number of piperidine rings is 1. The molecule has 3 rings (SSSR count). The number of halogens is 1. The Kier molecular flexibility index (Phi) is 4.20. The van der Waals surface area contributed by atoms with E-state index in [9.17, 15) is 4.39 Å². The van der Waals surface area contributed by atoms with Gasteiger partial charge in [-0.25, -0.2) is 4.39 Å². The standard InChI is InChI=1S/C18H20FNO/c1-13-2-7-17(18(19)12-13)14-3-5-15(6-4-14)21-16-8-10-20-11-9-16/h2-7,12,16,20H,8-11H2,1H3. The first-order chi connectivity index (χ1) is 10.2. The third-order valence-electron chi connectivity index (χ3n) is 3.88. The number of ether oxygens (including phenoxy) is 1. The van der Waals surface area contributed by atoms with E-state index in [1.54, 1.807) is 6.07 Å². The molecule has 1 N–H and O–H groups in total. The van der Waals surface area contributed by atoms with Gasteiger partial charge in [-0.15, -0.1) is 0 Å². The van der Waals surface area contributed by atoms with Gasteiger partial charge in [0, 0.05) is 5.56 Å². The van der Waals surface area contributed by atoms with Crippen LogP contribution < -0.4 is 10.1 Å². The van der Waals surface area contributed by atoms with Crippen LogP contribution in [0.2, 0.25) is 0 Å². The van der Waals surface area contributed by atoms with Crippen LogP contribution in [0.5, 0.6) is 5.75 Å². The minimum atomic E-state index is -0.179. The maximum absolute atomic E-state index is 14.0. The molecule has 21 heavy (non-hydrogen) atoms. The summed E-state index contributed by atoms with van der Waals surface area (Å²) in [5, 5.41) is 3.32. The number of rotatable bonds is 3. The van der Waals surface area contributed by atoms with Crippen LogP contribution in [0.1, 0.15) is 18.4 Å². The van der Waals surface area contributed by atoms with E-state index in [1.807, 2.05) is 43.3 Å². The molecule has 3 heteroatoms. The van der Waals surface area contributed by atoms with Gasteiger partial charge in [-0.3, -0.25) is 0 Å². The van der Waals surface area contributed by atoms with Crippen molar-refractivity contribution in [2.24, 2.45) is 0 Å². The zero-order valence-corrected chi connectivity index (χ0v) is 12.2. The van der Waals surface area contributed by atoms with E-state index in [-0.39, 0.29) is 11.9 Å². The monoisotopic (exact) mass is 285 g/mol. The van der Waals surface area contributed by atoms with Crippen molar-refractivity contribution in [2.75, 3.05) is 13.1 Å². The van der Waals surface area contributed by atoms with E-state index < -0.39 is 0 Å². The maximum atomic E-state index is 14.0. The molecule has 110 valence electrons. The second-order valence-corrected chi connectivity index (χ2v) is 5.57. The van der Waals surface area contributed by atoms with Gasteiger partial charge >= 0.3 is 0 Å². The van der Waals surface area contributed by atoms with Gasteiger partial charge in [0.2, 0.25) is 0 Å². The average molecular weight is 285 g/mol. The SMILES string of the molecule is Cc1ccc(-c2ccc(OC3CCNCC3)cc2)c(F)c1. The van der Waals surface area contributed by atoms with E-state index >= 15 is 0 Å². The molecule has 1 heterocycles. The number of aryl methyl sites for hydroxylation is 1. The molecule has 1 saturated heterocycles. The van der Waals surface area contributed by atoms with Crippen LogP contribution in [0.4, 0.5) is 4.39 Å². The van der Waals surface area contributed by atoms with Gasteiger partial charge in [-0.05, 0) is 62.2 Å². The minimum Gasteiger partial charge on any atom is -0.490 e. The summed E-state index contributed by atoms with van der Waals surface area (Å²) in [5.74, 6) is 0.681. The highest BCUT2D eigenvalue weighted by Crippen LogP contribution is 2.26. The van der Waals surface area contributed by atoms with E-state index in [0.717, 1.165) is 42.8 Å². The molecule has 0 unspecified atom stereocenters. The van der Waals surface area contributed by atoms with Gasteiger partial charge in [0.15, 0.2) is 0 Å². The van der Waals surface area contributed by atoms with E-state index in [1.165, 1.54) is 0 Å². The normalized spacial score (nSPS) is 15.9. The highest BCUT2D eigenvalue weighted by atomic mass is 19.1. The topological polar surface area (TPSA) is 21.3 Å². The van der Waals surface area contributed by atoms with Crippen molar-refractivity contribution in [1.82, 2.24) is 5.32 Å². The zero-order chi connectivity index (χ0) is 14.7. The van der Waals surface area contributed by atoms with Gasteiger partial charge < -0.3 is 10.1 Å². The Hall–Kier alpha value is -1.87. The second kappa shape index (κ2) is 6.27. The number of hydrogen-bond donors (Lipinski definition) is 1. The molecule has 0 aromatic heterocycles. The van der Waals surface area contributed by atoms with Crippen molar-refractivity contribution in [3.05, 3.63) is 53.8 Å². The van der Waals surface area contributed by atoms with Crippen LogP contribution in [0.15, 0.2) is 42.5 Å². The highest BCUT2D eigenvalue weighted by molar-refractivity contribution is 5.65. The lowest BCUT2D eigenvalue weighted by molar-refractivity contribution is 0.162. The Morgan fingerprint density at radius 2 is 1.76 bits per heavy atom. The van der Waals surface area contributed by atoms with Crippen molar-refractivity contribution in [3.8, 4) is 16.9 Å². The predicted molar refractivity (Wildman–Crippen MR) is 83.1 cm³/mol. The van der Waals surface area contributed by atoms with E-state index in [0.29, 0.717) is 5.56 Å². The van der Waals surface area contributed by atoms with Crippen molar-refractivity contribution in [2.45, 2.75) is 25.9 Å². The van der Waals surface area contributed by atoms with Crippen molar-refractivity contribution >= 4 is 0 Å². The molecule has 0 radical (unpaired) electrons. The fourth-order valence-electron chi connectivity index (χ4n) is 2.67. The third kappa shape index (κ3) is 3.42. The van der Waals surface area contributed by atoms with Crippen molar-refractivity contribution < 1.29 is 9.13 Å². The highest BCUT2D eigenvalue weighted by Gasteiger charge is 2.14. The van der Waals surface area contributed by atoms with Crippen LogP contribution in [-0.2, 0) is 0 Å². The quantitative estimate of drug-likeness (QED) is 0.922. The largest absolute Gasteiger partial charge is 0.490 e. The number of benzene rings is 2. The summed E-state index contributed by atoms with van der Waals surface area (Å²) in [7, 11) is 0. The van der Waals surface area contributed by atoms with E-state index in [2.05, 4.69) is 5.32 Å². The Balaban J connectivity index is 1.74.